The first-order chi connectivity index (χ1) is 14.1. The maximum atomic E-state index is 12.9. The molecule has 1 aliphatic heterocycles. The second-order valence-electron chi connectivity index (χ2n) is 7.40. The predicted octanol–water partition coefficient (Wildman–Crippen LogP) is 1.42. The fraction of sp³-hybridized carbons (Fsp3) is 0.450. The summed E-state index contributed by atoms with van der Waals surface area (Å²) in [5.41, 5.74) is 1.98. The summed E-state index contributed by atoms with van der Waals surface area (Å²) >= 11 is 0. The number of hydrogen-bond donors (Lipinski definition) is 0. The lowest BCUT2D eigenvalue weighted by Gasteiger charge is -2.33. The van der Waals surface area contributed by atoms with Gasteiger partial charge in [0.15, 0.2) is 0 Å². The molecule has 0 bridgehead atoms. The summed E-state index contributed by atoms with van der Waals surface area (Å²) in [6.07, 6.45) is 0. The number of amides is 2. The third-order valence-electron chi connectivity index (χ3n) is 5.35. The highest BCUT2D eigenvalue weighted by Gasteiger charge is 2.29. The van der Waals surface area contributed by atoms with Crippen molar-refractivity contribution in [2.75, 3.05) is 33.2 Å². The van der Waals surface area contributed by atoms with E-state index < -0.39 is 10.0 Å². The van der Waals surface area contributed by atoms with E-state index in [9.17, 15) is 18.0 Å². The van der Waals surface area contributed by atoms with E-state index >= 15 is 0 Å². The third kappa shape index (κ3) is 4.39. The van der Waals surface area contributed by atoms with Gasteiger partial charge in [0.25, 0.3) is 5.91 Å². The normalized spacial score (nSPS) is 15.3. The summed E-state index contributed by atoms with van der Waals surface area (Å²) in [7, 11) is -2.00. The Morgan fingerprint density at radius 2 is 1.70 bits per heavy atom. The van der Waals surface area contributed by atoms with Crippen LogP contribution in [0.25, 0.3) is 0 Å². The Balaban J connectivity index is 1.69. The van der Waals surface area contributed by atoms with Gasteiger partial charge in [-0.15, -0.1) is 0 Å². The number of rotatable bonds is 5. The van der Waals surface area contributed by atoms with E-state index in [1.807, 2.05) is 6.92 Å². The Kier molecular flexibility index (Phi) is 6.27. The molecule has 162 valence electrons. The van der Waals surface area contributed by atoms with E-state index in [2.05, 4.69) is 5.16 Å². The summed E-state index contributed by atoms with van der Waals surface area (Å²) in [5.74, 6) is 0.378. The Morgan fingerprint density at radius 3 is 2.20 bits per heavy atom. The van der Waals surface area contributed by atoms with Crippen molar-refractivity contribution in [3.05, 3.63) is 46.8 Å². The molecule has 0 aliphatic carbocycles. The first-order valence-corrected chi connectivity index (χ1v) is 11.1. The lowest BCUT2D eigenvalue weighted by molar-refractivity contribution is -0.129. The van der Waals surface area contributed by atoms with E-state index in [-0.39, 0.29) is 29.8 Å². The molecule has 2 aromatic rings. The van der Waals surface area contributed by atoms with Gasteiger partial charge in [0.1, 0.15) is 5.76 Å². The van der Waals surface area contributed by atoms with E-state index in [0.717, 1.165) is 11.3 Å². The molecular formula is C20H26N4O5S. The van der Waals surface area contributed by atoms with Crippen molar-refractivity contribution in [3.63, 3.8) is 0 Å². The number of hydrogen-bond acceptors (Lipinski definition) is 6. The Hall–Kier alpha value is -2.72. The molecule has 1 aliphatic rings. The van der Waals surface area contributed by atoms with Gasteiger partial charge in [-0.25, -0.2) is 8.42 Å². The minimum Gasteiger partial charge on any atom is -0.361 e. The second kappa shape index (κ2) is 8.57. The molecule has 2 heterocycles. The van der Waals surface area contributed by atoms with Crippen molar-refractivity contribution in [2.45, 2.75) is 32.2 Å². The smallest absolute Gasteiger partial charge is 0.253 e. The molecule has 0 atom stereocenters. The highest BCUT2D eigenvalue weighted by molar-refractivity contribution is 7.89. The molecule has 0 unspecified atom stereocenters. The number of sulfonamides is 1. The molecule has 1 saturated heterocycles. The molecule has 1 aromatic heterocycles. The monoisotopic (exact) mass is 434 g/mol. The van der Waals surface area contributed by atoms with Crippen LogP contribution in [0.4, 0.5) is 0 Å². The van der Waals surface area contributed by atoms with Crippen LogP contribution in [0.2, 0.25) is 0 Å². The van der Waals surface area contributed by atoms with Gasteiger partial charge in [0, 0.05) is 51.3 Å². The van der Waals surface area contributed by atoms with Crippen LogP contribution in [0, 0.1) is 13.8 Å². The number of aromatic nitrogens is 1. The van der Waals surface area contributed by atoms with E-state index in [1.54, 1.807) is 18.9 Å². The quantitative estimate of drug-likeness (QED) is 0.705. The van der Waals surface area contributed by atoms with E-state index in [0.29, 0.717) is 31.0 Å². The third-order valence-corrected chi connectivity index (χ3v) is 7.26. The average molecular weight is 435 g/mol. The molecule has 0 radical (unpaired) electrons. The van der Waals surface area contributed by atoms with Crippen LogP contribution in [-0.2, 0) is 21.4 Å². The Morgan fingerprint density at radius 1 is 1.10 bits per heavy atom. The molecule has 1 aromatic carbocycles. The van der Waals surface area contributed by atoms with Gasteiger partial charge in [-0.3, -0.25) is 9.59 Å². The zero-order valence-corrected chi connectivity index (χ0v) is 18.4. The zero-order chi connectivity index (χ0) is 22.1. The fourth-order valence-corrected chi connectivity index (χ4v) is 4.84. The number of benzene rings is 1. The topological polar surface area (TPSA) is 104 Å². The number of carbonyl (C=O) groups is 2. The second-order valence-corrected chi connectivity index (χ2v) is 9.34. The highest BCUT2D eigenvalue weighted by atomic mass is 32.2. The minimum absolute atomic E-state index is 0.0596. The van der Waals surface area contributed by atoms with Gasteiger partial charge >= 0.3 is 0 Å². The van der Waals surface area contributed by atoms with Gasteiger partial charge in [-0.1, -0.05) is 5.16 Å². The zero-order valence-electron chi connectivity index (χ0n) is 17.6. The molecule has 9 nitrogen and oxygen atoms in total. The first kappa shape index (κ1) is 22.0. The number of carbonyl (C=O) groups excluding carboxylic acids is 2. The lowest BCUT2D eigenvalue weighted by atomic mass is 10.1. The summed E-state index contributed by atoms with van der Waals surface area (Å²) in [5, 5.41) is 3.89. The van der Waals surface area contributed by atoms with Crippen LogP contribution < -0.4 is 0 Å². The number of nitrogens with zero attached hydrogens (tertiary/aromatic N) is 4. The van der Waals surface area contributed by atoms with Crippen molar-refractivity contribution in [3.8, 4) is 0 Å². The van der Waals surface area contributed by atoms with Crippen LogP contribution in [-0.4, -0.2) is 72.7 Å². The fourth-order valence-electron chi connectivity index (χ4n) is 3.42. The van der Waals surface area contributed by atoms with Crippen molar-refractivity contribution in [1.82, 2.24) is 19.3 Å². The van der Waals surface area contributed by atoms with Crippen LogP contribution in [0.1, 0.15) is 34.3 Å². The summed E-state index contributed by atoms with van der Waals surface area (Å²) < 4.78 is 32.2. The molecule has 30 heavy (non-hydrogen) atoms. The van der Waals surface area contributed by atoms with E-state index in [4.69, 9.17) is 4.52 Å². The molecule has 1 fully saturated rings. The Labute approximate surface area is 176 Å². The first-order valence-electron chi connectivity index (χ1n) is 9.64. The van der Waals surface area contributed by atoms with Crippen LogP contribution in [0.5, 0.6) is 0 Å². The largest absolute Gasteiger partial charge is 0.361 e. The standard InChI is InChI=1S/C20H26N4O5S/c1-14-19(15(2)29-21-14)13-22(4)20(26)17-5-7-18(8-6-17)30(27,28)24-11-9-23(10-12-24)16(3)25/h5-8H,9-13H2,1-4H3. The average Bonchev–Trinajstić information content (AvgIpc) is 3.05. The van der Waals surface area contributed by atoms with Crippen molar-refractivity contribution < 1.29 is 22.5 Å². The molecular weight excluding hydrogens is 408 g/mol. The Bertz CT molecular complexity index is 1020. The minimum atomic E-state index is -3.68. The van der Waals surface area contributed by atoms with E-state index in [1.165, 1.54) is 40.4 Å². The van der Waals surface area contributed by atoms with Crippen LogP contribution in [0.3, 0.4) is 0 Å². The molecule has 0 saturated carbocycles. The van der Waals surface area contributed by atoms with Crippen LogP contribution in [0.15, 0.2) is 33.7 Å². The van der Waals surface area contributed by atoms with Gasteiger partial charge in [0.2, 0.25) is 15.9 Å². The molecule has 0 spiro atoms. The van der Waals surface area contributed by atoms with Crippen molar-refractivity contribution in [2.24, 2.45) is 0 Å². The molecule has 3 rings (SSSR count). The molecule has 2 amide bonds. The van der Waals surface area contributed by atoms with Gasteiger partial charge < -0.3 is 14.3 Å². The maximum absolute atomic E-state index is 12.9. The number of piperazine rings is 1. The lowest BCUT2D eigenvalue weighted by Crippen LogP contribution is -2.49. The van der Waals surface area contributed by atoms with Gasteiger partial charge in [-0.2, -0.15) is 4.31 Å². The summed E-state index contributed by atoms with van der Waals surface area (Å²) in [6, 6.07) is 5.93. The highest BCUT2D eigenvalue weighted by Crippen LogP contribution is 2.20. The SMILES string of the molecule is CC(=O)N1CCN(S(=O)(=O)c2ccc(C(=O)N(C)Cc3c(C)noc3C)cc2)CC1. The maximum Gasteiger partial charge on any atom is 0.253 e. The molecule has 0 N–H and O–H groups in total. The molecule has 10 heteroatoms. The summed E-state index contributed by atoms with van der Waals surface area (Å²) in [6.45, 7) is 6.69. The predicted molar refractivity (Wildman–Crippen MR) is 109 cm³/mol. The van der Waals surface area contributed by atoms with Crippen molar-refractivity contribution >= 4 is 21.8 Å². The van der Waals surface area contributed by atoms with Crippen LogP contribution >= 0.6 is 0 Å². The number of aryl methyl sites for hydroxylation is 2. The van der Waals surface area contributed by atoms with Gasteiger partial charge in [0.05, 0.1) is 17.1 Å². The summed E-state index contributed by atoms with van der Waals surface area (Å²) in [4.78, 5) is 27.5. The van der Waals surface area contributed by atoms with Gasteiger partial charge in [-0.05, 0) is 38.1 Å². The van der Waals surface area contributed by atoms with Crippen molar-refractivity contribution in [1.29, 1.82) is 0 Å².